The van der Waals surface area contributed by atoms with Crippen LogP contribution in [0.25, 0.3) is 0 Å². The van der Waals surface area contributed by atoms with Crippen molar-refractivity contribution in [1.82, 2.24) is 5.32 Å². The number of Topliss-reactive ketones (excluding diaryl/α,β-unsaturated/α-hetero) is 1. The average Bonchev–Trinajstić information content (AvgIpc) is 2.74. The van der Waals surface area contributed by atoms with Crippen LogP contribution in [-0.2, 0) is 19.1 Å². The zero-order chi connectivity index (χ0) is 22.0. The number of rotatable bonds is 4. The first-order valence-corrected chi connectivity index (χ1v) is 11.2. The number of carbonyl (C=O) groups is 3. The van der Waals surface area contributed by atoms with Crippen molar-refractivity contribution in [2.45, 2.75) is 77.2 Å². The van der Waals surface area contributed by atoms with Crippen LogP contribution in [-0.4, -0.2) is 23.8 Å². The van der Waals surface area contributed by atoms with Crippen LogP contribution in [0.2, 0.25) is 0 Å². The van der Waals surface area contributed by atoms with E-state index >= 15 is 0 Å². The molecule has 1 unspecified atom stereocenters. The fourth-order valence-corrected chi connectivity index (χ4v) is 4.88. The Bertz CT molecular complexity index is 951. The summed E-state index contributed by atoms with van der Waals surface area (Å²) in [6.07, 6.45) is 7.10. The van der Waals surface area contributed by atoms with Gasteiger partial charge in [-0.1, -0.05) is 18.6 Å². The van der Waals surface area contributed by atoms with Gasteiger partial charge in [0.15, 0.2) is 5.78 Å². The largest absolute Gasteiger partial charge is 0.459 e. The van der Waals surface area contributed by atoms with Crippen LogP contribution in [0.4, 0.5) is 0 Å². The second-order valence-corrected chi connectivity index (χ2v) is 8.59. The number of esters is 2. The minimum absolute atomic E-state index is 0.0639. The molecule has 1 aromatic rings. The Kier molecular flexibility index (Phi) is 6.25. The Balaban J connectivity index is 1.70. The summed E-state index contributed by atoms with van der Waals surface area (Å²) in [5.41, 5.74) is 3.61. The van der Waals surface area contributed by atoms with Gasteiger partial charge in [0.2, 0.25) is 0 Å². The summed E-state index contributed by atoms with van der Waals surface area (Å²) in [4.78, 5) is 37.5. The number of hydrogen-bond donors (Lipinski definition) is 1. The highest BCUT2D eigenvalue weighted by molar-refractivity contribution is 6.03. The minimum Gasteiger partial charge on any atom is -0.459 e. The molecule has 4 rings (SSSR count). The van der Waals surface area contributed by atoms with Crippen molar-refractivity contribution in [3.05, 3.63) is 52.4 Å². The topological polar surface area (TPSA) is 81.7 Å². The van der Waals surface area contributed by atoms with Gasteiger partial charge in [0.25, 0.3) is 0 Å². The zero-order valence-corrected chi connectivity index (χ0v) is 18.2. The molecule has 0 aromatic heterocycles. The number of dihydropyridines is 1. The molecule has 2 aliphatic carbocycles. The lowest BCUT2D eigenvalue weighted by molar-refractivity contribution is -0.146. The van der Waals surface area contributed by atoms with Crippen LogP contribution in [0, 0.1) is 0 Å². The van der Waals surface area contributed by atoms with Gasteiger partial charge in [0.05, 0.1) is 5.57 Å². The molecular weight excluding hydrogens is 394 g/mol. The van der Waals surface area contributed by atoms with E-state index < -0.39 is 11.9 Å². The van der Waals surface area contributed by atoms with E-state index in [1.807, 2.05) is 19.1 Å². The summed E-state index contributed by atoms with van der Waals surface area (Å²) in [5.74, 6) is -0.725. The normalized spacial score (nSPS) is 22.0. The Morgan fingerprint density at radius 1 is 1.00 bits per heavy atom. The van der Waals surface area contributed by atoms with Crippen LogP contribution >= 0.6 is 0 Å². The van der Waals surface area contributed by atoms with Crippen molar-refractivity contribution in [3.63, 3.8) is 0 Å². The third-order valence-electron chi connectivity index (χ3n) is 6.30. The number of ether oxygens (including phenoxy) is 2. The number of allylic oxidation sites excluding steroid dienone is 3. The molecule has 3 aliphatic rings. The molecule has 1 N–H and O–H groups in total. The molecule has 0 saturated heterocycles. The highest BCUT2D eigenvalue weighted by Gasteiger charge is 2.39. The van der Waals surface area contributed by atoms with Gasteiger partial charge >= 0.3 is 11.9 Å². The predicted molar refractivity (Wildman–Crippen MR) is 115 cm³/mol. The molecule has 1 atom stereocenters. The summed E-state index contributed by atoms with van der Waals surface area (Å²) in [7, 11) is 0. The van der Waals surface area contributed by atoms with Gasteiger partial charge < -0.3 is 14.8 Å². The van der Waals surface area contributed by atoms with Crippen molar-refractivity contribution in [3.8, 4) is 5.75 Å². The van der Waals surface area contributed by atoms with Crippen LogP contribution in [0.5, 0.6) is 5.75 Å². The fourth-order valence-electron chi connectivity index (χ4n) is 4.88. The Hall–Kier alpha value is -2.89. The summed E-state index contributed by atoms with van der Waals surface area (Å²) in [6.45, 7) is 3.23. The van der Waals surface area contributed by atoms with E-state index in [0.717, 1.165) is 55.5 Å². The SMILES string of the molecule is CC(=O)Oc1ccc(C2C(C(=O)OC3CCCCC3)=C(C)NC3=C2C(=O)CCC3)cc1. The molecule has 0 amide bonds. The molecule has 164 valence electrons. The molecule has 1 heterocycles. The molecule has 31 heavy (non-hydrogen) atoms. The van der Waals surface area contributed by atoms with Gasteiger partial charge in [0.1, 0.15) is 11.9 Å². The first kappa shape index (κ1) is 21.3. The van der Waals surface area contributed by atoms with E-state index in [4.69, 9.17) is 9.47 Å². The first-order chi connectivity index (χ1) is 14.9. The second-order valence-electron chi connectivity index (χ2n) is 8.59. The van der Waals surface area contributed by atoms with Crippen molar-refractivity contribution >= 4 is 17.7 Å². The average molecular weight is 424 g/mol. The number of nitrogens with one attached hydrogen (secondary N) is 1. The number of ketones is 1. The molecule has 0 bridgehead atoms. The van der Waals surface area contributed by atoms with Crippen LogP contribution in [0.1, 0.15) is 76.7 Å². The standard InChI is InChI=1S/C25H29NO5/c1-15-22(25(29)31-18-7-4-3-5-8-18)23(24-20(26-15)9-6-10-21(24)28)17-11-13-19(14-12-17)30-16(2)27/h11-14,18,23,26H,3-10H2,1-2H3. The van der Waals surface area contributed by atoms with Gasteiger partial charge in [-0.15, -0.1) is 0 Å². The molecular formula is C25H29NO5. The molecule has 0 spiro atoms. The van der Waals surface area contributed by atoms with Gasteiger partial charge in [-0.3, -0.25) is 9.59 Å². The van der Waals surface area contributed by atoms with E-state index in [0.29, 0.717) is 23.3 Å². The van der Waals surface area contributed by atoms with Crippen molar-refractivity contribution < 1.29 is 23.9 Å². The summed E-state index contributed by atoms with van der Waals surface area (Å²) >= 11 is 0. The molecule has 0 radical (unpaired) electrons. The Morgan fingerprint density at radius 2 is 1.71 bits per heavy atom. The van der Waals surface area contributed by atoms with E-state index in [9.17, 15) is 14.4 Å². The third kappa shape index (κ3) is 4.58. The predicted octanol–water partition coefficient (Wildman–Crippen LogP) is 4.46. The van der Waals surface area contributed by atoms with Gasteiger partial charge in [-0.2, -0.15) is 0 Å². The summed E-state index contributed by atoms with van der Waals surface area (Å²) in [6, 6.07) is 7.04. The minimum atomic E-state index is -0.480. The number of hydrogen-bond acceptors (Lipinski definition) is 6. The highest BCUT2D eigenvalue weighted by Crippen LogP contribution is 2.43. The van der Waals surface area contributed by atoms with E-state index in [1.165, 1.54) is 13.3 Å². The van der Waals surface area contributed by atoms with Crippen molar-refractivity contribution in [1.29, 1.82) is 0 Å². The molecule has 6 heteroatoms. The van der Waals surface area contributed by atoms with Gasteiger partial charge in [0, 0.05) is 36.2 Å². The lowest BCUT2D eigenvalue weighted by Crippen LogP contribution is -2.35. The van der Waals surface area contributed by atoms with E-state index in [2.05, 4.69) is 5.32 Å². The Morgan fingerprint density at radius 3 is 2.39 bits per heavy atom. The molecule has 1 fully saturated rings. The smallest absolute Gasteiger partial charge is 0.337 e. The van der Waals surface area contributed by atoms with Gasteiger partial charge in [-0.05, 0) is 63.1 Å². The lowest BCUT2D eigenvalue weighted by atomic mass is 9.75. The summed E-state index contributed by atoms with van der Waals surface area (Å²) < 4.78 is 11.1. The second kappa shape index (κ2) is 9.08. The summed E-state index contributed by atoms with van der Waals surface area (Å²) in [5, 5.41) is 3.32. The molecule has 1 saturated carbocycles. The maximum atomic E-state index is 13.3. The molecule has 6 nitrogen and oxygen atoms in total. The van der Waals surface area contributed by atoms with E-state index in [1.54, 1.807) is 12.1 Å². The van der Waals surface area contributed by atoms with Crippen molar-refractivity contribution in [2.24, 2.45) is 0 Å². The van der Waals surface area contributed by atoms with Crippen LogP contribution < -0.4 is 10.1 Å². The maximum absolute atomic E-state index is 13.3. The molecule has 1 aliphatic heterocycles. The first-order valence-electron chi connectivity index (χ1n) is 11.2. The number of benzene rings is 1. The zero-order valence-electron chi connectivity index (χ0n) is 18.2. The van der Waals surface area contributed by atoms with Gasteiger partial charge in [-0.25, -0.2) is 4.79 Å². The fraction of sp³-hybridized carbons (Fsp3) is 0.480. The third-order valence-corrected chi connectivity index (χ3v) is 6.30. The van der Waals surface area contributed by atoms with Crippen LogP contribution in [0.15, 0.2) is 46.8 Å². The highest BCUT2D eigenvalue weighted by atomic mass is 16.5. The quantitative estimate of drug-likeness (QED) is 0.569. The van der Waals surface area contributed by atoms with Crippen LogP contribution in [0.3, 0.4) is 0 Å². The van der Waals surface area contributed by atoms with E-state index in [-0.39, 0.29) is 17.9 Å². The lowest BCUT2D eigenvalue weighted by Gasteiger charge is -2.35. The maximum Gasteiger partial charge on any atom is 0.337 e. The monoisotopic (exact) mass is 423 g/mol. The molecule has 1 aromatic carbocycles. The number of carbonyl (C=O) groups excluding carboxylic acids is 3. The van der Waals surface area contributed by atoms with Crippen molar-refractivity contribution in [2.75, 3.05) is 0 Å². The Labute approximate surface area is 182 Å².